The average Bonchev–Trinajstić information content (AvgIpc) is 3.33. The van der Waals surface area contributed by atoms with Crippen molar-refractivity contribution in [2.24, 2.45) is 0 Å². The number of esters is 1. The van der Waals surface area contributed by atoms with E-state index < -0.39 is 5.97 Å². The molecule has 0 saturated heterocycles. The summed E-state index contributed by atoms with van der Waals surface area (Å²) in [5, 5.41) is 0. The molecule has 0 unspecified atom stereocenters. The first-order valence-corrected chi connectivity index (χ1v) is 9.34. The topological polar surface area (TPSA) is 71.1 Å². The molecule has 0 N–H and O–H groups in total. The summed E-state index contributed by atoms with van der Waals surface area (Å²) in [7, 11) is 0. The summed E-state index contributed by atoms with van der Waals surface area (Å²) >= 11 is 0. The third kappa shape index (κ3) is 3.18. The van der Waals surface area contributed by atoms with E-state index in [2.05, 4.69) is 0 Å². The van der Waals surface area contributed by atoms with Crippen LogP contribution in [0.3, 0.4) is 0 Å². The van der Waals surface area contributed by atoms with Gasteiger partial charge in [0, 0.05) is 6.07 Å². The molecule has 3 aromatic carbocycles. The van der Waals surface area contributed by atoms with E-state index in [1.807, 2.05) is 12.1 Å². The Hall–Kier alpha value is -4.06. The van der Waals surface area contributed by atoms with Crippen LogP contribution in [0.2, 0.25) is 0 Å². The van der Waals surface area contributed by atoms with Gasteiger partial charge in [-0.1, -0.05) is 24.3 Å². The normalized spacial score (nSPS) is 15.1. The lowest BCUT2D eigenvalue weighted by atomic mass is 10.0. The zero-order valence-electron chi connectivity index (χ0n) is 16.0. The van der Waals surface area contributed by atoms with Crippen molar-refractivity contribution in [3.05, 3.63) is 88.7 Å². The van der Waals surface area contributed by atoms with Crippen LogP contribution in [-0.4, -0.2) is 18.5 Å². The van der Waals surface area contributed by atoms with Crippen LogP contribution in [0, 0.1) is 6.92 Å². The molecule has 6 nitrogen and oxygen atoms in total. The molecule has 2 aliphatic heterocycles. The number of ether oxygens (including phenoxy) is 4. The minimum absolute atomic E-state index is 0.180. The molecule has 0 amide bonds. The summed E-state index contributed by atoms with van der Waals surface area (Å²) in [5.74, 6) is 1.47. The Kier molecular flexibility index (Phi) is 4.25. The Balaban J connectivity index is 1.42. The van der Waals surface area contributed by atoms with Crippen LogP contribution < -0.4 is 18.9 Å². The number of benzene rings is 3. The maximum Gasteiger partial charge on any atom is 0.343 e. The third-order valence-electron chi connectivity index (χ3n) is 4.86. The molecule has 0 spiro atoms. The number of Topliss-reactive ketones (excluding diaryl/α,β-unsaturated/α-hetero) is 1. The van der Waals surface area contributed by atoms with Gasteiger partial charge in [0.15, 0.2) is 17.3 Å². The van der Waals surface area contributed by atoms with Gasteiger partial charge in [-0.25, -0.2) is 4.79 Å². The highest BCUT2D eigenvalue weighted by atomic mass is 16.7. The largest absolute Gasteiger partial charge is 0.454 e. The molecule has 148 valence electrons. The summed E-state index contributed by atoms with van der Waals surface area (Å²) in [4.78, 5) is 25.2. The molecule has 0 aliphatic carbocycles. The van der Waals surface area contributed by atoms with Gasteiger partial charge in [-0.2, -0.15) is 0 Å². The summed E-state index contributed by atoms with van der Waals surface area (Å²) in [6.45, 7) is 1.96. The van der Waals surface area contributed by atoms with Gasteiger partial charge in [-0.15, -0.1) is 0 Å². The molecular weight excluding hydrogens is 384 g/mol. The number of aryl methyl sites for hydroxylation is 1. The van der Waals surface area contributed by atoms with E-state index >= 15 is 0 Å². The molecule has 2 heterocycles. The van der Waals surface area contributed by atoms with E-state index in [9.17, 15) is 9.59 Å². The van der Waals surface area contributed by atoms with Gasteiger partial charge in [0.1, 0.15) is 11.5 Å². The summed E-state index contributed by atoms with van der Waals surface area (Å²) in [6, 6.07) is 17.3. The quantitative estimate of drug-likeness (QED) is 0.365. The SMILES string of the molecule is Cc1cc(OC(=O)c2ccccc2)cc2c1C(=O)/C(=C/c1ccc3c(c1)OCO3)O2. The number of carbonyl (C=O) groups excluding carboxylic acids is 2. The highest BCUT2D eigenvalue weighted by Crippen LogP contribution is 2.39. The number of carbonyl (C=O) groups is 2. The predicted molar refractivity (Wildman–Crippen MR) is 108 cm³/mol. The first-order valence-electron chi connectivity index (χ1n) is 9.34. The molecule has 2 aliphatic rings. The summed E-state index contributed by atoms with van der Waals surface area (Å²) in [5.41, 5.74) is 2.32. The van der Waals surface area contributed by atoms with Gasteiger partial charge in [0.25, 0.3) is 0 Å². The predicted octanol–water partition coefficient (Wildman–Crippen LogP) is 4.56. The third-order valence-corrected chi connectivity index (χ3v) is 4.86. The Labute approximate surface area is 172 Å². The van der Waals surface area contributed by atoms with E-state index in [4.69, 9.17) is 18.9 Å². The molecule has 0 saturated carbocycles. The second kappa shape index (κ2) is 7.08. The standard InChI is InChI=1S/C24H16O6/c1-14-9-17(29-24(26)16-5-3-2-4-6-16)12-20-22(14)23(25)21(30-20)11-15-7-8-18-19(10-15)28-13-27-18/h2-12H,13H2,1H3/b21-11-. The second-order valence-corrected chi connectivity index (χ2v) is 6.92. The molecule has 3 aromatic rings. The zero-order valence-corrected chi connectivity index (χ0v) is 16.0. The fourth-order valence-corrected chi connectivity index (χ4v) is 3.43. The van der Waals surface area contributed by atoms with Crippen LogP contribution in [-0.2, 0) is 0 Å². The minimum atomic E-state index is -0.476. The van der Waals surface area contributed by atoms with Crippen LogP contribution in [0.25, 0.3) is 6.08 Å². The number of hydrogen-bond donors (Lipinski definition) is 0. The highest BCUT2D eigenvalue weighted by Gasteiger charge is 2.30. The van der Waals surface area contributed by atoms with Crippen LogP contribution in [0.15, 0.2) is 66.4 Å². The van der Waals surface area contributed by atoms with E-state index in [-0.39, 0.29) is 18.3 Å². The molecule has 0 bridgehead atoms. The molecule has 0 fully saturated rings. The Morgan fingerprint density at radius 2 is 1.77 bits per heavy atom. The molecule has 0 aromatic heterocycles. The first-order chi connectivity index (χ1) is 14.6. The van der Waals surface area contributed by atoms with Gasteiger partial charge in [-0.3, -0.25) is 4.79 Å². The fourth-order valence-electron chi connectivity index (χ4n) is 3.43. The van der Waals surface area contributed by atoms with Crippen molar-refractivity contribution in [2.45, 2.75) is 6.92 Å². The van der Waals surface area contributed by atoms with Crippen molar-refractivity contribution >= 4 is 17.8 Å². The molecular formula is C24H16O6. The first kappa shape index (κ1) is 18.0. The van der Waals surface area contributed by atoms with Crippen molar-refractivity contribution in [1.29, 1.82) is 0 Å². The zero-order chi connectivity index (χ0) is 20.7. The van der Waals surface area contributed by atoms with Gasteiger partial charge >= 0.3 is 5.97 Å². The molecule has 0 radical (unpaired) electrons. The number of ketones is 1. The number of hydrogen-bond acceptors (Lipinski definition) is 6. The summed E-state index contributed by atoms with van der Waals surface area (Å²) < 4.78 is 21.9. The van der Waals surface area contributed by atoms with Crippen LogP contribution in [0.1, 0.15) is 31.8 Å². The van der Waals surface area contributed by atoms with Gasteiger partial charge < -0.3 is 18.9 Å². The maximum atomic E-state index is 12.9. The number of allylic oxidation sites excluding steroid dienone is 1. The van der Waals surface area contributed by atoms with Crippen LogP contribution in [0.5, 0.6) is 23.0 Å². The average molecular weight is 400 g/mol. The van der Waals surface area contributed by atoms with E-state index in [1.165, 1.54) is 0 Å². The van der Waals surface area contributed by atoms with E-state index in [1.54, 1.807) is 61.5 Å². The Morgan fingerprint density at radius 1 is 0.967 bits per heavy atom. The van der Waals surface area contributed by atoms with E-state index in [0.29, 0.717) is 39.7 Å². The van der Waals surface area contributed by atoms with Gasteiger partial charge in [-0.05, 0) is 54.5 Å². The lowest BCUT2D eigenvalue weighted by Crippen LogP contribution is -2.08. The summed E-state index contributed by atoms with van der Waals surface area (Å²) in [6.07, 6.45) is 1.65. The number of fused-ring (bicyclic) bond motifs is 2. The number of rotatable bonds is 3. The van der Waals surface area contributed by atoms with Crippen molar-refractivity contribution < 1.29 is 28.5 Å². The highest BCUT2D eigenvalue weighted by molar-refractivity contribution is 6.15. The molecule has 5 rings (SSSR count). The second-order valence-electron chi connectivity index (χ2n) is 6.92. The Bertz CT molecular complexity index is 1210. The van der Waals surface area contributed by atoms with Crippen molar-refractivity contribution in [2.75, 3.05) is 6.79 Å². The van der Waals surface area contributed by atoms with Gasteiger partial charge in [0.05, 0.1) is 11.1 Å². The monoisotopic (exact) mass is 400 g/mol. The Morgan fingerprint density at radius 3 is 2.60 bits per heavy atom. The molecule has 0 atom stereocenters. The van der Waals surface area contributed by atoms with Crippen molar-refractivity contribution in [1.82, 2.24) is 0 Å². The minimum Gasteiger partial charge on any atom is -0.454 e. The fraction of sp³-hybridized carbons (Fsp3) is 0.0833. The smallest absolute Gasteiger partial charge is 0.343 e. The van der Waals surface area contributed by atoms with Crippen LogP contribution >= 0.6 is 0 Å². The van der Waals surface area contributed by atoms with Gasteiger partial charge in [0.2, 0.25) is 12.6 Å². The lowest BCUT2D eigenvalue weighted by molar-refractivity contribution is 0.0734. The molecule has 30 heavy (non-hydrogen) atoms. The van der Waals surface area contributed by atoms with E-state index in [0.717, 1.165) is 5.56 Å². The van der Waals surface area contributed by atoms with Crippen molar-refractivity contribution in [3.63, 3.8) is 0 Å². The lowest BCUT2D eigenvalue weighted by Gasteiger charge is -2.07. The van der Waals surface area contributed by atoms with Crippen LogP contribution in [0.4, 0.5) is 0 Å². The van der Waals surface area contributed by atoms with Crippen molar-refractivity contribution in [3.8, 4) is 23.0 Å². The maximum absolute atomic E-state index is 12.9. The molecule has 6 heteroatoms.